The molecule has 2 atom stereocenters. The van der Waals surface area contributed by atoms with Crippen molar-refractivity contribution in [3.8, 4) is 0 Å². The van der Waals surface area contributed by atoms with Crippen LogP contribution in [0.1, 0.15) is 31.9 Å². The summed E-state index contributed by atoms with van der Waals surface area (Å²) in [5.74, 6) is 0.702. The molecule has 2 aliphatic rings. The minimum absolute atomic E-state index is 0.393. The maximum Gasteiger partial charge on any atom is 0.0553 e. The second-order valence-corrected chi connectivity index (χ2v) is 6.01. The first-order valence-corrected chi connectivity index (χ1v) is 6.66. The van der Waals surface area contributed by atoms with Gasteiger partial charge in [-0.05, 0) is 24.0 Å². The Hall–Kier alpha value is -0.800. The molecular weight excluding hydrogens is 212 g/mol. The van der Waals surface area contributed by atoms with Crippen molar-refractivity contribution >= 4 is 0 Å². The molecule has 1 spiro atoms. The minimum atomic E-state index is 0.393. The molecule has 94 valence electrons. The van der Waals surface area contributed by atoms with Crippen LogP contribution in [0.5, 0.6) is 0 Å². The number of hydrogen-bond acceptors (Lipinski definition) is 2. The molecule has 2 aliphatic heterocycles. The van der Waals surface area contributed by atoms with Gasteiger partial charge >= 0.3 is 0 Å². The van der Waals surface area contributed by atoms with E-state index < -0.39 is 0 Å². The zero-order chi connectivity index (χ0) is 11.9. The molecule has 3 heterocycles. The highest BCUT2D eigenvalue weighted by Gasteiger charge is 2.49. The third-order valence-corrected chi connectivity index (χ3v) is 4.09. The topological polar surface area (TPSA) is 26.2 Å². The van der Waals surface area contributed by atoms with Gasteiger partial charge in [-0.3, -0.25) is 0 Å². The van der Waals surface area contributed by atoms with E-state index in [1.807, 2.05) is 0 Å². The highest BCUT2D eigenvalue weighted by Crippen LogP contribution is 2.47. The molecular formula is C14H22N2O. The number of nitrogens with zero attached hydrogens (tertiary/aromatic N) is 1. The van der Waals surface area contributed by atoms with Crippen molar-refractivity contribution < 1.29 is 4.74 Å². The average Bonchev–Trinajstić information content (AvgIpc) is 2.85. The SMILES string of the molecule is CC(C)Cn1ccc([C@@H]2NC[C@@]23CCOC3)c1. The Bertz CT molecular complexity index is 391. The standard InChI is InChI=1S/C14H22N2O/c1-11(2)7-16-5-3-12(8-16)13-14(9-15-13)4-6-17-10-14/h3,5,8,11,13,15H,4,6-7,9-10H2,1-2H3/t13-,14+/m0/s1. The summed E-state index contributed by atoms with van der Waals surface area (Å²) < 4.78 is 7.89. The van der Waals surface area contributed by atoms with Gasteiger partial charge in [-0.15, -0.1) is 0 Å². The Balaban J connectivity index is 1.74. The lowest BCUT2D eigenvalue weighted by molar-refractivity contribution is 0.0577. The van der Waals surface area contributed by atoms with Crippen molar-refractivity contribution in [2.45, 2.75) is 32.9 Å². The van der Waals surface area contributed by atoms with Crippen molar-refractivity contribution in [1.82, 2.24) is 9.88 Å². The summed E-state index contributed by atoms with van der Waals surface area (Å²) in [6.45, 7) is 8.61. The predicted octanol–water partition coefficient (Wildman–Crippen LogP) is 2.20. The molecule has 2 saturated heterocycles. The molecule has 1 aromatic rings. The number of aromatic nitrogens is 1. The molecule has 0 bridgehead atoms. The van der Waals surface area contributed by atoms with Crippen LogP contribution in [0.25, 0.3) is 0 Å². The number of rotatable bonds is 3. The largest absolute Gasteiger partial charge is 0.381 e. The van der Waals surface area contributed by atoms with E-state index in [-0.39, 0.29) is 0 Å². The van der Waals surface area contributed by atoms with Gasteiger partial charge in [0.25, 0.3) is 0 Å². The molecule has 3 nitrogen and oxygen atoms in total. The summed E-state index contributed by atoms with van der Waals surface area (Å²) in [6, 6.07) is 2.78. The molecule has 0 amide bonds. The monoisotopic (exact) mass is 234 g/mol. The van der Waals surface area contributed by atoms with Crippen LogP contribution in [-0.4, -0.2) is 24.3 Å². The van der Waals surface area contributed by atoms with E-state index in [1.165, 1.54) is 12.0 Å². The Morgan fingerprint density at radius 2 is 2.47 bits per heavy atom. The van der Waals surface area contributed by atoms with Crippen molar-refractivity contribution in [3.05, 3.63) is 24.0 Å². The summed E-state index contributed by atoms with van der Waals surface area (Å²) in [4.78, 5) is 0. The van der Waals surface area contributed by atoms with Crippen LogP contribution in [0.15, 0.2) is 18.5 Å². The first-order chi connectivity index (χ1) is 8.20. The maximum atomic E-state index is 5.58. The van der Waals surface area contributed by atoms with Crippen molar-refractivity contribution in [1.29, 1.82) is 0 Å². The van der Waals surface area contributed by atoms with Crippen molar-refractivity contribution in [2.24, 2.45) is 11.3 Å². The van der Waals surface area contributed by atoms with Gasteiger partial charge in [-0.2, -0.15) is 0 Å². The fourth-order valence-corrected chi connectivity index (χ4v) is 3.12. The summed E-state index contributed by atoms with van der Waals surface area (Å²) in [5, 5.41) is 3.57. The van der Waals surface area contributed by atoms with Gasteiger partial charge in [0.15, 0.2) is 0 Å². The number of nitrogens with one attached hydrogen (secondary N) is 1. The fourth-order valence-electron chi connectivity index (χ4n) is 3.12. The Labute approximate surface area is 103 Å². The lowest BCUT2D eigenvalue weighted by Crippen LogP contribution is -2.56. The first-order valence-electron chi connectivity index (χ1n) is 6.66. The second kappa shape index (κ2) is 4.14. The van der Waals surface area contributed by atoms with Crippen molar-refractivity contribution in [2.75, 3.05) is 19.8 Å². The van der Waals surface area contributed by atoms with Crippen molar-refractivity contribution in [3.63, 3.8) is 0 Å². The highest BCUT2D eigenvalue weighted by atomic mass is 16.5. The van der Waals surface area contributed by atoms with E-state index in [0.29, 0.717) is 17.4 Å². The van der Waals surface area contributed by atoms with Gasteiger partial charge in [0.1, 0.15) is 0 Å². The lowest BCUT2D eigenvalue weighted by Gasteiger charge is -2.47. The van der Waals surface area contributed by atoms with Crippen LogP contribution < -0.4 is 5.32 Å². The molecule has 0 saturated carbocycles. The van der Waals surface area contributed by atoms with Crippen LogP contribution in [0.4, 0.5) is 0 Å². The first kappa shape index (κ1) is 11.3. The summed E-state index contributed by atoms with van der Waals surface area (Å²) in [5.41, 5.74) is 1.83. The van der Waals surface area contributed by atoms with E-state index in [2.05, 4.69) is 42.2 Å². The van der Waals surface area contributed by atoms with E-state index in [1.54, 1.807) is 0 Å². The summed E-state index contributed by atoms with van der Waals surface area (Å²) in [7, 11) is 0. The van der Waals surface area contributed by atoms with Gasteiger partial charge in [-0.1, -0.05) is 13.8 Å². The average molecular weight is 234 g/mol. The third-order valence-electron chi connectivity index (χ3n) is 4.09. The maximum absolute atomic E-state index is 5.58. The number of ether oxygens (including phenoxy) is 1. The molecule has 0 aromatic carbocycles. The van der Waals surface area contributed by atoms with E-state index in [9.17, 15) is 0 Å². The molecule has 0 aliphatic carbocycles. The number of hydrogen-bond donors (Lipinski definition) is 1. The molecule has 0 radical (unpaired) electrons. The molecule has 17 heavy (non-hydrogen) atoms. The second-order valence-electron chi connectivity index (χ2n) is 6.01. The van der Waals surface area contributed by atoms with Crippen LogP contribution in [0.2, 0.25) is 0 Å². The molecule has 1 aromatic heterocycles. The minimum Gasteiger partial charge on any atom is -0.381 e. The fraction of sp³-hybridized carbons (Fsp3) is 0.714. The van der Waals surface area contributed by atoms with Crippen LogP contribution in [0, 0.1) is 11.3 Å². The van der Waals surface area contributed by atoms with Gasteiger partial charge in [0.05, 0.1) is 6.61 Å². The lowest BCUT2D eigenvalue weighted by atomic mass is 9.71. The highest BCUT2D eigenvalue weighted by molar-refractivity contribution is 5.24. The molecule has 3 heteroatoms. The smallest absolute Gasteiger partial charge is 0.0553 e. The molecule has 3 rings (SSSR count). The zero-order valence-electron chi connectivity index (χ0n) is 10.8. The Kier molecular flexibility index (Phi) is 2.75. The van der Waals surface area contributed by atoms with Gasteiger partial charge in [0, 0.05) is 43.5 Å². The van der Waals surface area contributed by atoms with Crippen LogP contribution in [-0.2, 0) is 11.3 Å². The van der Waals surface area contributed by atoms with Gasteiger partial charge < -0.3 is 14.6 Å². The van der Waals surface area contributed by atoms with E-state index in [0.717, 1.165) is 26.3 Å². The zero-order valence-corrected chi connectivity index (χ0v) is 10.8. The molecule has 1 N–H and O–H groups in total. The Morgan fingerprint density at radius 3 is 3.06 bits per heavy atom. The molecule has 0 unspecified atom stereocenters. The Morgan fingerprint density at radius 1 is 1.59 bits per heavy atom. The van der Waals surface area contributed by atoms with E-state index in [4.69, 9.17) is 4.74 Å². The normalized spacial score (nSPS) is 32.3. The predicted molar refractivity (Wildman–Crippen MR) is 67.9 cm³/mol. The van der Waals surface area contributed by atoms with Crippen LogP contribution >= 0.6 is 0 Å². The summed E-state index contributed by atoms with van der Waals surface area (Å²) >= 11 is 0. The van der Waals surface area contributed by atoms with Crippen LogP contribution in [0.3, 0.4) is 0 Å². The quantitative estimate of drug-likeness (QED) is 0.867. The molecule has 2 fully saturated rings. The van der Waals surface area contributed by atoms with Gasteiger partial charge in [-0.25, -0.2) is 0 Å². The van der Waals surface area contributed by atoms with E-state index >= 15 is 0 Å². The van der Waals surface area contributed by atoms with Gasteiger partial charge in [0.2, 0.25) is 0 Å². The summed E-state index contributed by atoms with van der Waals surface area (Å²) in [6.07, 6.45) is 5.72. The third kappa shape index (κ3) is 1.91.